The molecule has 0 fully saturated rings. The zero-order valence-corrected chi connectivity index (χ0v) is 12.5. The molecule has 0 saturated carbocycles. The van der Waals surface area contributed by atoms with Crippen LogP contribution in [0.2, 0.25) is 0 Å². The number of thioether (sulfide) groups is 1. The van der Waals surface area contributed by atoms with E-state index in [4.69, 9.17) is 4.52 Å². The molecule has 1 aliphatic heterocycles. The van der Waals surface area contributed by atoms with Crippen molar-refractivity contribution in [3.63, 3.8) is 0 Å². The number of rotatable bonds is 3. The molecular weight excluding hydrogens is 246 g/mol. The molecule has 2 heterocycles. The van der Waals surface area contributed by atoms with Gasteiger partial charge in [-0.1, -0.05) is 30.8 Å². The van der Waals surface area contributed by atoms with E-state index >= 15 is 0 Å². The molecule has 0 aromatic carbocycles. The van der Waals surface area contributed by atoms with Gasteiger partial charge in [0.05, 0.1) is 18.3 Å². The summed E-state index contributed by atoms with van der Waals surface area (Å²) in [6.07, 6.45) is 0. The lowest BCUT2D eigenvalue weighted by atomic mass is 10.1. The fourth-order valence-corrected chi connectivity index (χ4v) is 3.28. The van der Waals surface area contributed by atoms with E-state index in [0.29, 0.717) is 11.2 Å². The lowest BCUT2D eigenvalue weighted by Crippen LogP contribution is -2.24. The van der Waals surface area contributed by atoms with E-state index in [1.807, 2.05) is 25.6 Å². The highest BCUT2D eigenvalue weighted by atomic mass is 32.2. The SMILES string of the molecule is Cc1noc(C)c1C(C)NC1=NCC(C(C)C)S1. The Hall–Kier alpha value is -0.970. The van der Waals surface area contributed by atoms with Gasteiger partial charge in [-0.2, -0.15) is 0 Å². The van der Waals surface area contributed by atoms with Gasteiger partial charge >= 0.3 is 0 Å². The Balaban J connectivity index is 1.99. The van der Waals surface area contributed by atoms with Crippen molar-refractivity contribution in [1.82, 2.24) is 10.5 Å². The van der Waals surface area contributed by atoms with Gasteiger partial charge in [-0.25, -0.2) is 0 Å². The van der Waals surface area contributed by atoms with Crippen LogP contribution >= 0.6 is 11.8 Å². The molecule has 1 N–H and O–H groups in total. The highest BCUT2D eigenvalue weighted by Gasteiger charge is 2.25. The fraction of sp³-hybridized carbons (Fsp3) is 0.692. The van der Waals surface area contributed by atoms with Gasteiger partial charge in [-0.05, 0) is 26.7 Å². The Morgan fingerprint density at radius 3 is 2.56 bits per heavy atom. The lowest BCUT2D eigenvalue weighted by molar-refractivity contribution is 0.391. The minimum absolute atomic E-state index is 0.188. The topological polar surface area (TPSA) is 50.4 Å². The van der Waals surface area contributed by atoms with Crippen LogP contribution in [-0.4, -0.2) is 22.1 Å². The maximum atomic E-state index is 5.20. The van der Waals surface area contributed by atoms with Gasteiger partial charge in [0.25, 0.3) is 0 Å². The summed E-state index contributed by atoms with van der Waals surface area (Å²) >= 11 is 1.84. The van der Waals surface area contributed by atoms with Gasteiger partial charge in [0.1, 0.15) is 5.76 Å². The number of hydrogen-bond donors (Lipinski definition) is 1. The first-order chi connectivity index (χ1) is 8.49. The van der Waals surface area contributed by atoms with Crippen LogP contribution in [0.4, 0.5) is 0 Å². The van der Waals surface area contributed by atoms with E-state index in [-0.39, 0.29) is 6.04 Å². The summed E-state index contributed by atoms with van der Waals surface area (Å²) < 4.78 is 5.20. The first-order valence-corrected chi connectivity index (χ1v) is 7.27. The normalized spacial score (nSPS) is 21.2. The van der Waals surface area contributed by atoms with Crippen molar-refractivity contribution in [3.8, 4) is 0 Å². The summed E-state index contributed by atoms with van der Waals surface area (Å²) in [5.41, 5.74) is 2.10. The van der Waals surface area contributed by atoms with Crippen LogP contribution in [0.25, 0.3) is 0 Å². The summed E-state index contributed by atoms with van der Waals surface area (Å²) in [7, 11) is 0. The molecule has 18 heavy (non-hydrogen) atoms. The Morgan fingerprint density at radius 1 is 1.33 bits per heavy atom. The molecule has 0 spiro atoms. The van der Waals surface area contributed by atoms with Crippen LogP contribution < -0.4 is 5.32 Å². The number of amidine groups is 1. The number of nitrogens with one attached hydrogen (secondary N) is 1. The van der Waals surface area contributed by atoms with Crippen molar-refractivity contribution in [2.45, 2.75) is 45.9 Å². The molecule has 4 nitrogen and oxygen atoms in total. The molecule has 1 aromatic heterocycles. The molecule has 0 radical (unpaired) electrons. The largest absolute Gasteiger partial charge is 0.361 e. The van der Waals surface area contributed by atoms with Crippen molar-refractivity contribution in [2.24, 2.45) is 10.9 Å². The van der Waals surface area contributed by atoms with Crippen molar-refractivity contribution in [1.29, 1.82) is 0 Å². The van der Waals surface area contributed by atoms with E-state index in [0.717, 1.165) is 28.7 Å². The first-order valence-electron chi connectivity index (χ1n) is 6.39. The van der Waals surface area contributed by atoms with Crippen molar-refractivity contribution in [2.75, 3.05) is 6.54 Å². The number of aryl methyl sites for hydroxylation is 2. The smallest absolute Gasteiger partial charge is 0.157 e. The van der Waals surface area contributed by atoms with Gasteiger partial charge in [0.2, 0.25) is 0 Å². The van der Waals surface area contributed by atoms with E-state index in [1.165, 1.54) is 0 Å². The van der Waals surface area contributed by atoms with Crippen molar-refractivity contribution < 1.29 is 4.52 Å². The minimum Gasteiger partial charge on any atom is -0.361 e. The molecule has 1 aromatic rings. The number of nitrogens with zero attached hydrogens (tertiary/aromatic N) is 2. The molecule has 2 atom stereocenters. The van der Waals surface area contributed by atoms with Crippen molar-refractivity contribution >= 4 is 16.9 Å². The molecule has 0 bridgehead atoms. The minimum atomic E-state index is 0.188. The van der Waals surface area contributed by atoms with Crippen molar-refractivity contribution in [3.05, 3.63) is 17.0 Å². The monoisotopic (exact) mass is 267 g/mol. The molecular formula is C13H21N3OS. The second-order valence-corrected chi connectivity index (χ2v) is 6.38. The molecule has 0 saturated heterocycles. The average Bonchev–Trinajstić information content (AvgIpc) is 2.86. The predicted molar refractivity (Wildman–Crippen MR) is 76.0 cm³/mol. The number of aliphatic imine (C=N–C) groups is 1. The average molecular weight is 267 g/mol. The van der Waals surface area contributed by atoms with Crippen LogP contribution in [0.15, 0.2) is 9.52 Å². The molecule has 2 unspecified atom stereocenters. The van der Waals surface area contributed by atoms with Gasteiger partial charge < -0.3 is 9.84 Å². The number of aromatic nitrogens is 1. The van der Waals surface area contributed by atoms with Gasteiger partial charge in [-0.15, -0.1) is 0 Å². The molecule has 0 amide bonds. The Morgan fingerprint density at radius 2 is 2.06 bits per heavy atom. The van der Waals surface area contributed by atoms with E-state index < -0.39 is 0 Å². The zero-order chi connectivity index (χ0) is 13.3. The highest BCUT2D eigenvalue weighted by molar-refractivity contribution is 8.14. The quantitative estimate of drug-likeness (QED) is 0.914. The Kier molecular flexibility index (Phi) is 4.00. The van der Waals surface area contributed by atoms with Gasteiger partial charge in [0, 0.05) is 10.8 Å². The maximum absolute atomic E-state index is 5.20. The lowest BCUT2D eigenvalue weighted by Gasteiger charge is -2.16. The van der Waals surface area contributed by atoms with Crippen LogP contribution in [0, 0.1) is 19.8 Å². The Labute approximate surface area is 113 Å². The zero-order valence-electron chi connectivity index (χ0n) is 11.7. The molecule has 2 rings (SSSR count). The summed E-state index contributed by atoms with van der Waals surface area (Å²) in [4.78, 5) is 4.57. The van der Waals surface area contributed by atoms with Gasteiger partial charge in [-0.3, -0.25) is 4.99 Å². The van der Waals surface area contributed by atoms with Gasteiger partial charge in [0.15, 0.2) is 5.17 Å². The summed E-state index contributed by atoms with van der Waals surface area (Å²) in [5.74, 6) is 1.55. The van der Waals surface area contributed by atoms with E-state index in [9.17, 15) is 0 Å². The number of hydrogen-bond acceptors (Lipinski definition) is 5. The third-order valence-corrected chi connectivity index (χ3v) is 4.75. The summed E-state index contributed by atoms with van der Waals surface area (Å²) in [6, 6.07) is 0.188. The van der Waals surface area contributed by atoms with E-state index in [1.54, 1.807) is 0 Å². The maximum Gasteiger partial charge on any atom is 0.157 e. The van der Waals surface area contributed by atoms with E-state index in [2.05, 4.69) is 36.2 Å². The predicted octanol–water partition coefficient (Wildman–Crippen LogP) is 3.07. The summed E-state index contributed by atoms with van der Waals surface area (Å²) in [6.45, 7) is 11.5. The first kappa shape index (κ1) is 13.5. The second-order valence-electron chi connectivity index (χ2n) is 5.15. The molecule has 5 heteroatoms. The summed E-state index contributed by atoms with van der Waals surface area (Å²) in [5, 5.41) is 9.10. The third-order valence-electron chi connectivity index (χ3n) is 3.28. The molecule has 100 valence electrons. The van der Waals surface area contributed by atoms with Crippen LogP contribution in [0.3, 0.4) is 0 Å². The van der Waals surface area contributed by atoms with Crippen LogP contribution in [-0.2, 0) is 0 Å². The van der Waals surface area contributed by atoms with Crippen LogP contribution in [0.5, 0.6) is 0 Å². The molecule has 1 aliphatic rings. The van der Waals surface area contributed by atoms with Crippen LogP contribution in [0.1, 0.15) is 43.8 Å². The highest BCUT2D eigenvalue weighted by Crippen LogP contribution is 2.28. The fourth-order valence-electron chi connectivity index (χ4n) is 2.18. The molecule has 0 aliphatic carbocycles. The Bertz CT molecular complexity index is 434. The third kappa shape index (κ3) is 2.71. The standard InChI is InChI=1S/C13H21N3OS/c1-7(2)11-6-14-13(18-11)15-8(3)12-9(4)16-17-10(12)5/h7-8,11H,6H2,1-5H3,(H,14,15). The second kappa shape index (κ2) is 5.34.